The van der Waals surface area contributed by atoms with Crippen LogP contribution in [-0.2, 0) is 24.3 Å². The monoisotopic (exact) mass is 627 g/mol. The highest BCUT2D eigenvalue weighted by Crippen LogP contribution is 2.23. The van der Waals surface area contributed by atoms with Gasteiger partial charge >= 0.3 is 12.1 Å². The molecular weight excluding hydrogens is 579 g/mol. The van der Waals surface area contributed by atoms with Crippen molar-refractivity contribution >= 4 is 34.8 Å². The van der Waals surface area contributed by atoms with Crippen LogP contribution in [0.4, 0.5) is 9.59 Å². The standard InChI is InChI=1S/C33H49N5O3S2/c1-7-25(14-16-30(23(2)3)37-32(39)38(6)19-28-21-42-31(35-28)24(4)5)13-15-27(17-26-11-9-8-10-12-26)36-33(40)41-20-29-18-34-22-43-29/h8-12,18,21-25,27,30H,7,13-17,19-20H2,1-6H3,(H,36,40)(H,37,39). The Morgan fingerprint density at radius 3 is 2.37 bits per heavy atom. The number of amides is 3. The Bertz CT molecular complexity index is 1220. The molecule has 0 aliphatic rings. The minimum atomic E-state index is -0.396. The van der Waals surface area contributed by atoms with Crippen LogP contribution in [0, 0.1) is 11.8 Å². The number of urea groups is 1. The average molecular weight is 628 g/mol. The number of nitrogens with one attached hydrogen (secondary N) is 2. The van der Waals surface area contributed by atoms with Gasteiger partial charge in [0.15, 0.2) is 0 Å². The Hall–Kier alpha value is -2.98. The van der Waals surface area contributed by atoms with Crippen LogP contribution in [0.15, 0.2) is 47.4 Å². The van der Waals surface area contributed by atoms with Gasteiger partial charge in [-0.05, 0) is 49.5 Å². The van der Waals surface area contributed by atoms with E-state index in [1.165, 1.54) is 16.9 Å². The second-order valence-corrected chi connectivity index (χ2v) is 13.9. The van der Waals surface area contributed by atoms with E-state index in [1.54, 1.807) is 27.9 Å². The number of benzene rings is 1. The summed E-state index contributed by atoms with van der Waals surface area (Å²) in [5.74, 6) is 1.21. The minimum Gasteiger partial charge on any atom is -0.444 e. The predicted octanol–water partition coefficient (Wildman–Crippen LogP) is 8.01. The molecule has 0 fully saturated rings. The summed E-state index contributed by atoms with van der Waals surface area (Å²) in [6, 6.07) is 10.3. The topological polar surface area (TPSA) is 96.4 Å². The Labute approximate surface area is 265 Å². The maximum Gasteiger partial charge on any atom is 0.407 e. The number of nitrogens with zero attached hydrogens (tertiary/aromatic N) is 3. The van der Waals surface area contributed by atoms with Crippen LogP contribution in [-0.4, -0.2) is 46.1 Å². The van der Waals surface area contributed by atoms with Gasteiger partial charge in [0.2, 0.25) is 0 Å². The molecule has 3 amide bonds. The van der Waals surface area contributed by atoms with Crippen LogP contribution < -0.4 is 10.6 Å². The Morgan fingerprint density at radius 1 is 1.00 bits per heavy atom. The fraction of sp³-hybridized carbons (Fsp3) is 0.576. The molecule has 3 rings (SSSR count). The molecule has 0 aliphatic carbocycles. The summed E-state index contributed by atoms with van der Waals surface area (Å²) in [4.78, 5) is 37.1. The van der Waals surface area contributed by atoms with Gasteiger partial charge in [-0.3, -0.25) is 4.98 Å². The summed E-state index contributed by atoms with van der Waals surface area (Å²) in [7, 11) is 1.83. The Morgan fingerprint density at radius 2 is 1.74 bits per heavy atom. The van der Waals surface area contributed by atoms with Crippen molar-refractivity contribution in [2.24, 2.45) is 11.8 Å². The molecule has 0 aliphatic heterocycles. The van der Waals surface area contributed by atoms with Crippen molar-refractivity contribution in [1.29, 1.82) is 0 Å². The van der Waals surface area contributed by atoms with E-state index in [-0.39, 0.29) is 24.7 Å². The van der Waals surface area contributed by atoms with E-state index in [1.807, 2.05) is 30.6 Å². The summed E-state index contributed by atoms with van der Waals surface area (Å²) in [5, 5.41) is 9.54. The van der Waals surface area contributed by atoms with Crippen molar-refractivity contribution in [2.45, 2.75) is 104 Å². The fourth-order valence-electron chi connectivity index (χ4n) is 5.00. The molecule has 3 atom stereocenters. The summed E-state index contributed by atoms with van der Waals surface area (Å²) in [6.07, 6.45) is 6.90. The van der Waals surface area contributed by atoms with E-state index in [0.29, 0.717) is 24.3 Å². The van der Waals surface area contributed by atoms with Crippen LogP contribution in [0.2, 0.25) is 0 Å². The van der Waals surface area contributed by atoms with E-state index in [4.69, 9.17) is 4.74 Å². The summed E-state index contributed by atoms with van der Waals surface area (Å²) in [6.45, 7) is 11.6. The van der Waals surface area contributed by atoms with E-state index in [9.17, 15) is 9.59 Å². The van der Waals surface area contributed by atoms with Gasteiger partial charge in [0.05, 0.1) is 27.6 Å². The quantitative estimate of drug-likeness (QED) is 0.158. The molecule has 2 N–H and O–H groups in total. The lowest BCUT2D eigenvalue weighted by atomic mass is 9.88. The van der Waals surface area contributed by atoms with Gasteiger partial charge in [-0.1, -0.05) is 71.4 Å². The number of hydrogen-bond acceptors (Lipinski definition) is 7. The molecule has 236 valence electrons. The van der Waals surface area contributed by atoms with Crippen molar-refractivity contribution < 1.29 is 14.3 Å². The second kappa shape index (κ2) is 18.0. The second-order valence-electron chi connectivity index (χ2n) is 12.0. The molecule has 10 heteroatoms. The van der Waals surface area contributed by atoms with Crippen LogP contribution in [0.5, 0.6) is 0 Å². The molecule has 8 nitrogen and oxygen atoms in total. The van der Waals surface area contributed by atoms with E-state index in [2.05, 4.69) is 67.4 Å². The van der Waals surface area contributed by atoms with Crippen LogP contribution >= 0.6 is 22.7 Å². The van der Waals surface area contributed by atoms with Crippen molar-refractivity contribution in [1.82, 2.24) is 25.5 Å². The van der Waals surface area contributed by atoms with Gasteiger partial charge in [0.25, 0.3) is 0 Å². The summed E-state index contributed by atoms with van der Waals surface area (Å²) < 4.78 is 5.47. The number of rotatable bonds is 17. The van der Waals surface area contributed by atoms with Crippen LogP contribution in [0.3, 0.4) is 0 Å². The predicted molar refractivity (Wildman–Crippen MR) is 176 cm³/mol. The van der Waals surface area contributed by atoms with Crippen molar-refractivity contribution in [3.05, 3.63) is 68.6 Å². The third kappa shape index (κ3) is 12.3. The van der Waals surface area contributed by atoms with Crippen molar-refractivity contribution in [2.75, 3.05) is 7.05 Å². The van der Waals surface area contributed by atoms with Crippen molar-refractivity contribution in [3.63, 3.8) is 0 Å². The first-order valence-electron chi connectivity index (χ1n) is 15.4. The Balaban J connectivity index is 1.51. The van der Waals surface area contributed by atoms with Crippen LogP contribution in [0.1, 0.15) is 93.8 Å². The SMILES string of the molecule is CCC(CCC(Cc1ccccc1)NC(=O)OCc1cncs1)CCC(NC(=O)N(C)Cc1csc(C(C)C)n1)C(C)C. The molecule has 0 radical (unpaired) electrons. The van der Waals surface area contributed by atoms with Gasteiger partial charge in [-0.25, -0.2) is 14.6 Å². The molecule has 0 saturated heterocycles. The number of carbonyl (C=O) groups is 2. The third-order valence-corrected chi connectivity index (χ3v) is 9.73. The molecule has 0 spiro atoms. The highest BCUT2D eigenvalue weighted by molar-refractivity contribution is 7.09. The lowest BCUT2D eigenvalue weighted by molar-refractivity contribution is 0.135. The number of hydrogen-bond donors (Lipinski definition) is 2. The van der Waals surface area contributed by atoms with Gasteiger partial charge in [0, 0.05) is 36.6 Å². The largest absolute Gasteiger partial charge is 0.444 e. The molecular formula is C33H49N5O3S2. The average Bonchev–Trinajstić information content (AvgIpc) is 3.68. The Kier molecular flexibility index (Phi) is 14.4. The third-order valence-electron chi connectivity index (χ3n) is 7.79. The van der Waals surface area contributed by atoms with Gasteiger partial charge in [-0.15, -0.1) is 22.7 Å². The minimum absolute atomic E-state index is 0.0263. The molecule has 43 heavy (non-hydrogen) atoms. The van der Waals surface area contributed by atoms with E-state index >= 15 is 0 Å². The number of ether oxygens (including phenoxy) is 1. The molecule has 3 unspecified atom stereocenters. The summed E-state index contributed by atoms with van der Waals surface area (Å²) in [5.41, 5.74) is 3.86. The van der Waals surface area contributed by atoms with E-state index in [0.717, 1.165) is 54.1 Å². The molecule has 3 aromatic rings. The number of thiazole rings is 2. The fourth-order valence-corrected chi connectivity index (χ4v) is 6.34. The molecule has 1 aromatic carbocycles. The zero-order valence-electron chi connectivity index (χ0n) is 26.5. The smallest absolute Gasteiger partial charge is 0.407 e. The van der Waals surface area contributed by atoms with Crippen molar-refractivity contribution in [3.8, 4) is 0 Å². The van der Waals surface area contributed by atoms with E-state index < -0.39 is 6.09 Å². The first-order valence-corrected chi connectivity index (χ1v) is 17.2. The lowest BCUT2D eigenvalue weighted by Crippen LogP contribution is -2.45. The van der Waals surface area contributed by atoms with Gasteiger partial charge in [-0.2, -0.15) is 0 Å². The normalized spacial score (nSPS) is 13.5. The van der Waals surface area contributed by atoms with Gasteiger partial charge < -0.3 is 20.3 Å². The molecule has 2 aromatic heterocycles. The molecule has 0 bridgehead atoms. The maximum atomic E-state index is 13.1. The maximum absolute atomic E-state index is 13.1. The zero-order valence-corrected chi connectivity index (χ0v) is 28.2. The zero-order chi connectivity index (χ0) is 31.2. The number of carbonyl (C=O) groups excluding carboxylic acids is 2. The molecule has 2 heterocycles. The van der Waals surface area contributed by atoms with Gasteiger partial charge in [0.1, 0.15) is 6.61 Å². The first kappa shape index (κ1) is 34.5. The summed E-state index contributed by atoms with van der Waals surface area (Å²) >= 11 is 3.13. The highest BCUT2D eigenvalue weighted by atomic mass is 32.1. The first-order chi connectivity index (χ1) is 20.6. The number of aromatic nitrogens is 2. The van der Waals surface area contributed by atoms with Crippen LogP contribution in [0.25, 0.3) is 0 Å². The number of alkyl carbamates (subject to hydrolysis) is 1. The highest BCUT2D eigenvalue weighted by Gasteiger charge is 2.22. The lowest BCUT2D eigenvalue weighted by Gasteiger charge is -2.28. The molecule has 0 saturated carbocycles.